The maximum atomic E-state index is 9.30. The van der Waals surface area contributed by atoms with Crippen LogP contribution in [0.4, 0.5) is 0 Å². The lowest BCUT2D eigenvalue weighted by molar-refractivity contribution is 0.121. The van der Waals surface area contributed by atoms with Gasteiger partial charge in [-0.15, -0.1) is 0 Å². The molecule has 3 N–H and O–H groups in total. The Balaban J connectivity index is 2.70. The van der Waals surface area contributed by atoms with Crippen LogP contribution >= 0.6 is 0 Å². The topological polar surface area (TPSA) is 65.9 Å². The predicted octanol–water partition coefficient (Wildman–Crippen LogP) is 3.71. The Bertz CT molecular complexity index is 532. The van der Waals surface area contributed by atoms with E-state index in [1.54, 1.807) is 0 Å². The average molecular weight is 378 g/mol. The van der Waals surface area contributed by atoms with Crippen LogP contribution in [0, 0.1) is 11.8 Å². The van der Waals surface area contributed by atoms with Crippen LogP contribution in [0.5, 0.6) is 0 Å². The highest BCUT2D eigenvalue weighted by atomic mass is 16.5. The van der Waals surface area contributed by atoms with E-state index in [9.17, 15) is 5.11 Å². The third kappa shape index (κ3) is 10.4. The van der Waals surface area contributed by atoms with E-state index >= 15 is 0 Å². The first-order valence-electron chi connectivity index (χ1n) is 10.4. The molecule has 154 valence electrons. The van der Waals surface area contributed by atoms with Gasteiger partial charge in [-0.1, -0.05) is 45.0 Å². The Morgan fingerprint density at radius 1 is 1.15 bits per heavy atom. The van der Waals surface area contributed by atoms with Gasteiger partial charge in [0.25, 0.3) is 0 Å². The first-order chi connectivity index (χ1) is 13.1. The van der Waals surface area contributed by atoms with E-state index in [2.05, 4.69) is 56.5 Å². The second kappa shape index (κ2) is 14.5. The molecule has 0 bridgehead atoms. The predicted molar refractivity (Wildman–Crippen MR) is 114 cm³/mol. The monoisotopic (exact) mass is 377 g/mol. The lowest BCUT2D eigenvalue weighted by Gasteiger charge is -2.20. The summed E-state index contributed by atoms with van der Waals surface area (Å²) in [6.07, 6.45) is 2.95. The molecule has 0 aliphatic carbocycles. The quantitative estimate of drug-likeness (QED) is 0.278. The molecule has 0 saturated heterocycles. The summed E-state index contributed by atoms with van der Waals surface area (Å²) in [6.45, 7) is 12.6. The number of ether oxygens (including phenoxy) is 1. The zero-order chi connectivity index (χ0) is 19.9. The molecular formula is C22H39N3O2. The number of aliphatic hydroxyl groups excluding tert-OH is 1. The maximum absolute atomic E-state index is 9.30. The van der Waals surface area contributed by atoms with Gasteiger partial charge in [-0.2, -0.15) is 0 Å². The third-order valence-corrected chi connectivity index (χ3v) is 4.38. The minimum Gasteiger partial charge on any atom is -0.396 e. The van der Waals surface area contributed by atoms with Crippen molar-refractivity contribution in [2.75, 3.05) is 26.3 Å². The number of aliphatic hydroxyl groups is 1. The maximum Gasteiger partial charge on any atom is 0.191 e. The Morgan fingerprint density at radius 3 is 2.52 bits per heavy atom. The van der Waals surface area contributed by atoms with Crippen LogP contribution < -0.4 is 10.6 Å². The third-order valence-electron chi connectivity index (χ3n) is 4.38. The largest absolute Gasteiger partial charge is 0.396 e. The summed E-state index contributed by atoms with van der Waals surface area (Å²) in [7, 11) is 0. The van der Waals surface area contributed by atoms with Crippen molar-refractivity contribution >= 4 is 5.96 Å². The summed E-state index contributed by atoms with van der Waals surface area (Å²) in [4.78, 5) is 4.76. The van der Waals surface area contributed by atoms with E-state index in [4.69, 9.17) is 9.73 Å². The molecule has 0 fully saturated rings. The zero-order valence-corrected chi connectivity index (χ0v) is 17.6. The van der Waals surface area contributed by atoms with Crippen LogP contribution in [-0.4, -0.2) is 37.4 Å². The summed E-state index contributed by atoms with van der Waals surface area (Å²) in [5.74, 6) is 1.90. The van der Waals surface area contributed by atoms with Crippen molar-refractivity contribution in [1.82, 2.24) is 10.6 Å². The smallest absolute Gasteiger partial charge is 0.191 e. The van der Waals surface area contributed by atoms with Crippen LogP contribution in [0.3, 0.4) is 0 Å². The number of nitrogens with zero attached hydrogens (tertiary/aromatic N) is 1. The highest BCUT2D eigenvalue weighted by Gasteiger charge is 2.11. The van der Waals surface area contributed by atoms with E-state index in [0.29, 0.717) is 25.0 Å². The number of benzene rings is 1. The molecule has 1 unspecified atom stereocenters. The van der Waals surface area contributed by atoms with Gasteiger partial charge in [-0.3, -0.25) is 0 Å². The minimum atomic E-state index is 0.234. The van der Waals surface area contributed by atoms with Gasteiger partial charge in [0.15, 0.2) is 5.96 Å². The molecule has 0 aliphatic heterocycles. The molecule has 0 amide bonds. The van der Waals surface area contributed by atoms with Crippen molar-refractivity contribution in [1.29, 1.82) is 0 Å². The molecule has 0 radical (unpaired) electrons. The molecule has 0 saturated carbocycles. The molecule has 27 heavy (non-hydrogen) atoms. The molecule has 0 heterocycles. The lowest BCUT2D eigenvalue weighted by Crippen LogP contribution is -2.40. The highest BCUT2D eigenvalue weighted by molar-refractivity contribution is 5.79. The van der Waals surface area contributed by atoms with Crippen LogP contribution in [0.25, 0.3) is 0 Å². The molecule has 0 spiro atoms. The number of guanidine groups is 1. The average Bonchev–Trinajstić information content (AvgIpc) is 2.64. The molecule has 5 heteroatoms. The van der Waals surface area contributed by atoms with Crippen molar-refractivity contribution in [2.45, 2.75) is 60.1 Å². The fourth-order valence-electron chi connectivity index (χ4n) is 3.08. The Hall–Kier alpha value is -1.59. The molecular weight excluding hydrogens is 338 g/mol. The van der Waals surface area contributed by atoms with E-state index in [1.165, 1.54) is 11.1 Å². The normalized spacial score (nSPS) is 13.0. The standard InChI is InChI=1S/C22H39N3O2/c1-5-13-27-17-21-10-8-7-9-20(21)16-25-22(23-6-2)24-15-19(11-12-26)14-18(3)4/h7-10,18-19,26H,5-6,11-17H2,1-4H3,(H2,23,24,25). The van der Waals surface area contributed by atoms with Gasteiger partial charge in [0.2, 0.25) is 0 Å². The molecule has 5 nitrogen and oxygen atoms in total. The van der Waals surface area contributed by atoms with Crippen LogP contribution in [-0.2, 0) is 17.9 Å². The molecule has 1 aromatic carbocycles. The Labute approximate surface area is 165 Å². The van der Waals surface area contributed by atoms with E-state index < -0.39 is 0 Å². The number of rotatable bonds is 13. The lowest BCUT2D eigenvalue weighted by atomic mass is 9.94. The van der Waals surface area contributed by atoms with Gasteiger partial charge < -0.3 is 20.5 Å². The highest BCUT2D eigenvalue weighted by Crippen LogP contribution is 2.14. The van der Waals surface area contributed by atoms with Crippen molar-refractivity contribution < 1.29 is 9.84 Å². The number of hydrogen-bond acceptors (Lipinski definition) is 3. The Morgan fingerprint density at radius 2 is 1.89 bits per heavy atom. The van der Waals surface area contributed by atoms with Crippen LogP contribution in [0.1, 0.15) is 58.1 Å². The number of hydrogen-bond donors (Lipinski definition) is 3. The first kappa shape index (κ1) is 23.4. The van der Waals surface area contributed by atoms with Gasteiger partial charge in [-0.05, 0) is 49.1 Å². The fourth-order valence-corrected chi connectivity index (χ4v) is 3.08. The van der Waals surface area contributed by atoms with Crippen LogP contribution in [0.15, 0.2) is 29.3 Å². The van der Waals surface area contributed by atoms with Crippen LogP contribution in [0.2, 0.25) is 0 Å². The van der Waals surface area contributed by atoms with E-state index in [0.717, 1.165) is 44.9 Å². The SMILES string of the molecule is CCCOCc1ccccc1CN=C(NCC)NCC(CCO)CC(C)C. The van der Waals surface area contributed by atoms with Crippen molar-refractivity contribution in [3.8, 4) is 0 Å². The van der Waals surface area contributed by atoms with Crippen molar-refractivity contribution in [3.63, 3.8) is 0 Å². The first-order valence-corrected chi connectivity index (χ1v) is 10.4. The summed E-state index contributed by atoms with van der Waals surface area (Å²) >= 11 is 0. The van der Waals surface area contributed by atoms with Crippen molar-refractivity contribution in [2.24, 2.45) is 16.8 Å². The number of nitrogens with one attached hydrogen (secondary N) is 2. The molecule has 1 rings (SSSR count). The second-order valence-corrected chi connectivity index (χ2v) is 7.41. The summed E-state index contributed by atoms with van der Waals surface area (Å²) in [5, 5.41) is 16.1. The molecule has 0 aromatic heterocycles. The molecule has 1 aromatic rings. The number of aliphatic imine (C=N–C) groups is 1. The van der Waals surface area contributed by atoms with Crippen molar-refractivity contribution in [3.05, 3.63) is 35.4 Å². The Kier molecular flexibility index (Phi) is 12.6. The van der Waals surface area contributed by atoms with Gasteiger partial charge >= 0.3 is 0 Å². The van der Waals surface area contributed by atoms with Gasteiger partial charge in [0, 0.05) is 26.3 Å². The molecule has 1 atom stereocenters. The fraction of sp³-hybridized carbons (Fsp3) is 0.682. The minimum absolute atomic E-state index is 0.234. The van der Waals surface area contributed by atoms with Gasteiger partial charge in [-0.25, -0.2) is 4.99 Å². The summed E-state index contributed by atoms with van der Waals surface area (Å²) in [6, 6.07) is 8.33. The van der Waals surface area contributed by atoms with E-state index in [1.807, 2.05) is 6.07 Å². The second-order valence-electron chi connectivity index (χ2n) is 7.41. The molecule has 0 aliphatic rings. The van der Waals surface area contributed by atoms with Gasteiger partial charge in [0.1, 0.15) is 0 Å². The zero-order valence-electron chi connectivity index (χ0n) is 17.6. The summed E-state index contributed by atoms with van der Waals surface area (Å²) in [5.41, 5.74) is 2.39. The summed E-state index contributed by atoms with van der Waals surface area (Å²) < 4.78 is 5.70. The van der Waals surface area contributed by atoms with E-state index in [-0.39, 0.29) is 6.61 Å². The van der Waals surface area contributed by atoms with Gasteiger partial charge in [0.05, 0.1) is 13.2 Å².